The fourth-order valence-electron chi connectivity index (χ4n) is 3.52. The van der Waals surface area contributed by atoms with Gasteiger partial charge in [-0.15, -0.1) is 0 Å². The molecule has 0 spiro atoms. The van der Waals surface area contributed by atoms with Gasteiger partial charge < -0.3 is 4.74 Å². The van der Waals surface area contributed by atoms with Crippen molar-refractivity contribution >= 4 is 39.2 Å². The van der Waals surface area contributed by atoms with Crippen LogP contribution >= 0.6 is 27.5 Å². The van der Waals surface area contributed by atoms with Gasteiger partial charge in [0.15, 0.2) is 0 Å². The van der Waals surface area contributed by atoms with E-state index >= 15 is 0 Å². The number of carbonyl (C=O) groups is 1. The number of halogens is 2. The number of nitrogens with two attached hydrogens (primary N) is 2. The molecule has 3 aromatic rings. The van der Waals surface area contributed by atoms with Gasteiger partial charge in [0.2, 0.25) is 0 Å². The van der Waals surface area contributed by atoms with Crippen LogP contribution in [0.2, 0.25) is 5.02 Å². The van der Waals surface area contributed by atoms with Gasteiger partial charge in [0.1, 0.15) is 12.4 Å². The summed E-state index contributed by atoms with van der Waals surface area (Å²) in [5.74, 6) is 12.0. The molecule has 0 aliphatic rings. The summed E-state index contributed by atoms with van der Waals surface area (Å²) in [6.45, 7) is 6.29. The maximum Gasteiger partial charge on any atom is 0.352 e. The number of hydrogen-bond donors (Lipinski definition) is 2. The highest BCUT2D eigenvalue weighted by Crippen LogP contribution is 2.32. The molecule has 1 heterocycles. The van der Waals surface area contributed by atoms with Crippen molar-refractivity contribution in [3.63, 3.8) is 0 Å². The number of amides is 2. The highest BCUT2D eigenvalue weighted by atomic mass is 79.9. The SMILES string of the molecule is CCc1c(C)nn(-c2ccc(OCc3c(Br)cccc3N(N)C(=O)N(C)N)c(Cl)c2)c1C. The van der Waals surface area contributed by atoms with Crippen molar-refractivity contribution in [2.75, 3.05) is 12.1 Å². The Hall–Kier alpha value is -2.59. The predicted molar refractivity (Wildman–Crippen MR) is 130 cm³/mol. The summed E-state index contributed by atoms with van der Waals surface area (Å²) in [7, 11) is 1.42. The minimum Gasteiger partial charge on any atom is -0.487 e. The monoisotopic (exact) mass is 520 g/mol. The van der Waals surface area contributed by atoms with Crippen LogP contribution in [0.15, 0.2) is 40.9 Å². The number of rotatable bonds is 6. The predicted octanol–water partition coefficient (Wildman–Crippen LogP) is 4.65. The lowest BCUT2D eigenvalue weighted by Gasteiger charge is -2.24. The van der Waals surface area contributed by atoms with Gasteiger partial charge in [0, 0.05) is 22.8 Å². The van der Waals surface area contributed by atoms with Gasteiger partial charge in [-0.2, -0.15) is 5.10 Å². The van der Waals surface area contributed by atoms with Crippen molar-refractivity contribution in [1.29, 1.82) is 0 Å². The fourth-order valence-corrected chi connectivity index (χ4v) is 4.21. The number of aryl methyl sites for hydroxylation is 1. The Morgan fingerprint density at radius 2 is 1.94 bits per heavy atom. The first-order valence-corrected chi connectivity index (χ1v) is 11.1. The molecule has 10 heteroatoms. The molecule has 0 unspecified atom stereocenters. The van der Waals surface area contributed by atoms with E-state index in [1.807, 2.05) is 36.7 Å². The third-order valence-electron chi connectivity index (χ3n) is 5.19. The lowest BCUT2D eigenvalue weighted by atomic mass is 10.1. The molecule has 0 atom stereocenters. The first-order valence-electron chi connectivity index (χ1n) is 9.98. The zero-order valence-corrected chi connectivity index (χ0v) is 20.7. The van der Waals surface area contributed by atoms with Crippen molar-refractivity contribution in [3.05, 3.63) is 68.4 Å². The van der Waals surface area contributed by atoms with E-state index in [4.69, 9.17) is 28.0 Å². The number of anilines is 1. The molecule has 2 aromatic carbocycles. The van der Waals surface area contributed by atoms with Gasteiger partial charge in [-0.3, -0.25) is 5.01 Å². The number of aromatic nitrogens is 2. The number of hydrazine groups is 2. The van der Waals surface area contributed by atoms with E-state index in [0.29, 0.717) is 22.0 Å². The van der Waals surface area contributed by atoms with Gasteiger partial charge in [-0.05, 0) is 56.2 Å². The van der Waals surface area contributed by atoms with Crippen molar-refractivity contribution < 1.29 is 9.53 Å². The number of ether oxygens (including phenoxy) is 1. The fraction of sp³-hybridized carbons (Fsp3) is 0.273. The lowest BCUT2D eigenvalue weighted by Crippen LogP contribution is -2.49. The molecule has 0 radical (unpaired) electrons. The van der Waals surface area contributed by atoms with E-state index in [1.165, 1.54) is 12.6 Å². The first kappa shape index (κ1) is 24.1. The lowest BCUT2D eigenvalue weighted by molar-refractivity contribution is 0.216. The summed E-state index contributed by atoms with van der Waals surface area (Å²) < 4.78 is 8.60. The summed E-state index contributed by atoms with van der Waals surface area (Å²) in [6.07, 6.45) is 0.918. The summed E-state index contributed by atoms with van der Waals surface area (Å²) in [5.41, 5.74) is 5.32. The van der Waals surface area contributed by atoms with Crippen molar-refractivity contribution in [1.82, 2.24) is 14.8 Å². The van der Waals surface area contributed by atoms with Crippen molar-refractivity contribution in [2.45, 2.75) is 33.8 Å². The van der Waals surface area contributed by atoms with Crippen LogP contribution in [0.5, 0.6) is 5.75 Å². The molecule has 0 saturated heterocycles. The second-order valence-corrected chi connectivity index (χ2v) is 8.58. The van der Waals surface area contributed by atoms with Gasteiger partial charge in [0.25, 0.3) is 0 Å². The minimum absolute atomic E-state index is 0.130. The zero-order chi connectivity index (χ0) is 23.6. The smallest absolute Gasteiger partial charge is 0.352 e. The number of urea groups is 1. The average Bonchev–Trinajstić information content (AvgIpc) is 3.05. The molecule has 3 rings (SSSR count). The molecule has 2 amide bonds. The van der Waals surface area contributed by atoms with E-state index in [-0.39, 0.29) is 6.61 Å². The zero-order valence-electron chi connectivity index (χ0n) is 18.4. The van der Waals surface area contributed by atoms with E-state index < -0.39 is 6.03 Å². The highest BCUT2D eigenvalue weighted by molar-refractivity contribution is 9.10. The Labute approximate surface area is 200 Å². The molecule has 4 N–H and O–H groups in total. The first-order chi connectivity index (χ1) is 15.1. The minimum atomic E-state index is -0.567. The molecule has 0 saturated carbocycles. The Morgan fingerprint density at radius 1 is 1.22 bits per heavy atom. The van der Waals surface area contributed by atoms with Crippen LogP contribution in [0.4, 0.5) is 10.5 Å². The Bertz CT molecular complexity index is 1150. The molecule has 0 aliphatic carbocycles. The number of nitrogens with zero attached hydrogens (tertiary/aromatic N) is 4. The van der Waals surface area contributed by atoms with Gasteiger partial charge in [-0.1, -0.05) is 40.5 Å². The summed E-state index contributed by atoms with van der Waals surface area (Å²) in [5, 5.41) is 6.96. The number of carbonyl (C=O) groups excluding carboxylic acids is 1. The normalized spacial score (nSPS) is 10.9. The molecular formula is C22H26BrClN6O2. The highest BCUT2D eigenvalue weighted by Gasteiger charge is 2.20. The summed E-state index contributed by atoms with van der Waals surface area (Å²) >= 11 is 10.0. The topological polar surface area (TPSA) is 103 Å². The van der Waals surface area contributed by atoms with Crippen LogP contribution in [-0.2, 0) is 13.0 Å². The Balaban J connectivity index is 1.85. The summed E-state index contributed by atoms with van der Waals surface area (Å²) in [4.78, 5) is 12.2. The van der Waals surface area contributed by atoms with E-state index in [0.717, 1.165) is 38.0 Å². The molecule has 8 nitrogen and oxygen atoms in total. The maximum absolute atomic E-state index is 12.2. The van der Waals surface area contributed by atoms with Crippen LogP contribution in [0.3, 0.4) is 0 Å². The Kier molecular flexibility index (Phi) is 7.45. The quantitative estimate of drug-likeness (QED) is 0.279. The third-order valence-corrected chi connectivity index (χ3v) is 6.23. The van der Waals surface area contributed by atoms with Gasteiger partial charge in [0.05, 0.1) is 22.1 Å². The Morgan fingerprint density at radius 3 is 2.53 bits per heavy atom. The largest absolute Gasteiger partial charge is 0.487 e. The molecule has 0 bridgehead atoms. The van der Waals surface area contributed by atoms with Crippen molar-refractivity contribution in [3.8, 4) is 11.4 Å². The van der Waals surface area contributed by atoms with Gasteiger partial charge >= 0.3 is 6.03 Å². The molecule has 1 aromatic heterocycles. The average molecular weight is 522 g/mol. The van der Waals surface area contributed by atoms with Crippen LogP contribution in [0.25, 0.3) is 5.69 Å². The molecule has 0 fully saturated rings. The molecule has 0 aliphatic heterocycles. The molecule has 170 valence electrons. The molecular weight excluding hydrogens is 496 g/mol. The maximum atomic E-state index is 12.2. The van der Waals surface area contributed by atoms with Crippen LogP contribution in [0.1, 0.15) is 29.4 Å². The second-order valence-electron chi connectivity index (χ2n) is 7.32. The molecule has 32 heavy (non-hydrogen) atoms. The summed E-state index contributed by atoms with van der Waals surface area (Å²) in [6, 6.07) is 10.3. The van der Waals surface area contributed by atoms with Crippen LogP contribution in [0, 0.1) is 13.8 Å². The second kappa shape index (κ2) is 9.91. The van der Waals surface area contributed by atoms with Crippen LogP contribution < -0.4 is 21.4 Å². The van der Waals surface area contributed by atoms with E-state index in [1.54, 1.807) is 18.2 Å². The van der Waals surface area contributed by atoms with Gasteiger partial charge in [-0.25, -0.2) is 26.2 Å². The van der Waals surface area contributed by atoms with Crippen molar-refractivity contribution in [2.24, 2.45) is 11.7 Å². The third kappa shape index (κ3) is 4.75. The van der Waals surface area contributed by atoms with E-state index in [2.05, 4.69) is 28.0 Å². The number of benzene rings is 2. The number of hydrogen-bond acceptors (Lipinski definition) is 5. The van der Waals surface area contributed by atoms with Crippen LogP contribution in [-0.4, -0.2) is 27.9 Å². The standard InChI is InChI=1S/C22H26BrClN6O2/c1-5-16-13(2)27-30(14(16)3)15-9-10-21(19(24)11-15)32-12-17-18(23)7-6-8-20(17)29(26)22(31)28(4)25/h6-11H,5,12,25-26H2,1-4H3. The van der Waals surface area contributed by atoms with E-state index in [9.17, 15) is 4.79 Å².